The first kappa shape index (κ1) is 90.8. The summed E-state index contributed by atoms with van der Waals surface area (Å²) in [5.41, 5.74) is 0. The number of hydrogen-bond donors (Lipinski definition) is 4. The molecular weight excluding hydrogens is 1400 g/mol. The quantitative estimate of drug-likeness (QED) is 0.0326. The molecular formula is C80H148N4O24. The zero-order valence-corrected chi connectivity index (χ0v) is 68.2. The largest absolute Gasteiger partial charge is 0.356 e. The summed E-state index contributed by atoms with van der Waals surface area (Å²) in [6.07, 6.45) is 8.63. The van der Waals surface area contributed by atoms with Crippen LogP contribution in [0.15, 0.2) is 0 Å². The average molecular weight is 1550 g/mol. The van der Waals surface area contributed by atoms with Gasteiger partial charge in [-0.15, -0.1) is 0 Å². The highest BCUT2D eigenvalue weighted by atomic mass is 16.7. The molecule has 4 N–H and O–H groups in total. The van der Waals surface area contributed by atoms with Crippen LogP contribution in [0.25, 0.3) is 0 Å². The molecule has 5 aliphatic heterocycles. The lowest BCUT2D eigenvalue weighted by molar-refractivity contribution is -0.185. The van der Waals surface area contributed by atoms with Crippen molar-refractivity contribution in [2.75, 3.05) is 161 Å². The molecule has 16 atom stereocenters. The number of ether oxygens (including phenoxy) is 24. The van der Waals surface area contributed by atoms with Crippen molar-refractivity contribution in [2.24, 2.45) is 47.3 Å². The van der Waals surface area contributed by atoms with Crippen LogP contribution >= 0.6 is 0 Å². The summed E-state index contributed by atoms with van der Waals surface area (Å²) in [6.45, 7) is 31.2. The maximum absolute atomic E-state index is 7.53. The number of fused-ring (bicyclic) bond motifs is 8. The van der Waals surface area contributed by atoms with E-state index in [1.807, 2.05) is 83.1 Å². The van der Waals surface area contributed by atoms with Gasteiger partial charge in [-0.25, -0.2) is 0 Å². The molecule has 632 valence electrons. The van der Waals surface area contributed by atoms with Crippen molar-refractivity contribution in [2.45, 2.75) is 307 Å². The standard InChI is InChI=1S/C80H148N4O24/c1-13-85-41-97-57-33-25-53(26-34-57)61-65-73(101-45-89-17-5)75(103-47-91-19-7)67(81-65)62(54-27-35-58(36-28-54)98-42-86-14-2)69-77(105-49-93-21-9)79(107-51-95-23-11)71(83-69)64(56-31-39-60(40-32-56)100-44-88-16-4)72-80(108-52-96-24-12)78(106-50-94-22-10)70(84-72)63(55-29-37-59(38-30-55)99-43-87-15-3)68-76(104-48-92-20-8)74(66(61)82-68)102-46-90-18-6/h53-84H,13-52H2,1-12H3. The SMILES string of the molecule is CCOCOC1CCC(C2C3NC(C(OCOCC)C3OCOCC)C(C3CCC(OCOCC)CC3)C3NC(C(OCOCC)C3OCOCC)C(C3CCC(OCOCC)CC3)C3NC(C(OCOCC)C3OCOCC)C(C3CCC(OCOCC)CC3)C3NC2C(OCOCC)C3OCOCC)CC1. The Morgan fingerprint density at radius 1 is 0.167 bits per heavy atom. The van der Waals surface area contributed by atoms with Gasteiger partial charge in [-0.05, 0) is 233 Å². The maximum atomic E-state index is 7.53. The third-order valence-corrected chi connectivity index (χ3v) is 24.8. The minimum atomic E-state index is -0.600. The van der Waals surface area contributed by atoms with Crippen molar-refractivity contribution in [3.8, 4) is 0 Å². The molecule has 0 aromatic heterocycles. The number of hydrogen-bond acceptors (Lipinski definition) is 28. The first-order chi connectivity index (χ1) is 53.2. The van der Waals surface area contributed by atoms with E-state index in [0.717, 1.165) is 103 Å². The molecule has 9 aliphatic rings. The molecule has 4 aliphatic carbocycles. The Morgan fingerprint density at radius 3 is 0.407 bits per heavy atom. The van der Waals surface area contributed by atoms with Crippen molar-refractivity contribution in [1.29, 1.82) is 0 Å². The van der Waals surface area contributed by atoms with E-state index in [-0.39, 0.29) is 153 Å². The fraction of sp³-hybridized carbons (Fsp3) is 1.00. The second-order valence-corrected chi connectivity index (χ2v) is 30.4. The van der Waals surface area contributed by atoms with Crippen LogP contribution in [-0.2, 0) is 114 Å². The van der Waals surface area contributed by atoms with E-state index < -0.39 is 97.2 Å². The molecule has 0 aromatic rings. The molecule has 16 unspecified atom stereocenters. The van der Waals surface area contributed by atoms with Crippen LogP contribution in [-0.4, -0.2) is 282 Å². The summed E-state index contributed by atoms with van der Waals surface area (Å²) in [5, 5.41) is 18.5. The lowest BCUT2D eigenvalue weighted by atomic mass is 9.69. The van der Waals surface area contributed by atoms with Crippen LogP contribution in [0.4, 0.5) is 0 Å². The molecule has 5 saturated heterocycles. The highest BCUT2D eigenvalue weighted by molar-refractivity contribution is 5.22. The van der Waals surface area contributed by atoms with Gasteiger partial charge in [-0.1, -0.05) is 0 Å². The van der Waals surface area contributed by atoms with Crippen LogP contribution in [0.1, 0.15) is 186 Å². The maximum Gasteiger partial charge on any atom is 0.147 e. The summed E-state index contributed by atoms with van der Waals surface area (Å²) in [6, 6.07) is -3.24. The first-order valence-electron chi connectivity index (χ1n) is 42.5. The van der Waals surface area contributed by atoms with Crippen LogP contribution in [0.3, 0.4) is 0 Å². The van der Waals surface area contributed by atoms with E-state index in [0.29, 0.717) is 79.3 Å². The molecule has 0 radical (unpaired) electrons. The zero-order chi connectivity index (χ0) is 76.2. The van der Waals surface area contributed by atoms with E-state index in [9.17, 15) is 0 Å². The molecule has 5 heterocycles. The molecule has 28 heteroatoms. The third-order valence-electron chi connectivity index (χ3n) is 24.8. The Bertz CT molecular complexity index is 1890. The van der Waals surface area contributed by atoms with Crippen molar-refractivity contribution >= 4 is 0 Å². The van der Waals surface area contributed by atoms with Crippen molar-refractivity contribution in [3.05, 3.63) is 0 Å². The Morgan fingerprint density at radius 2 is 0.287 bits per heavy atom. The van der Waals surface area contributed by atoms with Crippen LogP contribution in [0, 0.1) is 47.3 Å². The summed E-state index contributed by atoms with van der Waals surface area (Å²) < 4.78 is 161. The smallest absolute Gasteiger partial charge is 0.147 e. The van der Waals surface area contributed by atoms with Gasteiger partial charge in [0, 0.05) is 128 Å². The van der Waals surface area contributed by atoms with Gasteiger partial charge in [0.05, 0.1) is 24.4 Å². The molecule has 28 nitrogen and oxygen atoms in total. The second kappa shape index (κ2) is 51.2. The minimum absolute atomic E-state index is 0.00884. The van der Waals surface area contributed by atoms with Gasteiger partial charge in [0.25, 0.3) is 0 Å². The predicted molar refractivity (Wildman–Crippen MR) is 401 cm³/mol. The Balaban J connectivity index is 1.36. The summed E-state index contributed by atoms with van der Waals surface area (Å²) in [4.78, 5) is 0. The lowest BCUT2D eigenvalue weighted by Gasteiger charge is -2.45. The molecule has 0 aromatic carbocycles. The number of nitrogens with one attached hydrogen (secondary N) is 4. The van der Waals surface area contributed by atoms with E-state index >= 15 is 0 Å². The fourth-order valence-electron chi connectivity index (χ4n) is 19.9. The summed E-state index contributed by atoms with van der Waals surface area (Å²) >= 11 is 0. The summed E-state index contributed by atoms with van der Waals surface area (Å²) in [5.74, 6) is -0.610. The molecule has 0 amide bonds. The van der Waals surface area contributed by atoms with Gasteiger partial charge in [0.2, 0.25) is 0 Å². The van der Waals surface area contributed by atoms with Gasteiger partial charge in [-0.3, -0.25) is 0 Å². The Hall–Kier alpha value is -1.12. The van der Waals surface area contributed by atoms with Gasteiger partial charge < -0.3 is 135 Å². The molecule has 9 rings (SSSR count). The Labute approximate surface area is 647 Å². The van der Waals surface area contributed by atoms with Crippen molar-refractivity contribution in [1.82, 2.24) is 21.3 Å². The molecule has 0 spiro atoms. The molecule has 9 fully saturated rings. The topological polar surface area (TPSA) is 270 Å². The van der Waals surface area contributed by atoms with E-state index in [4.69, 9.17) is 114 Å². The fourth-order valence-corrected chi connectivity index (χ4v) is 19.9. The van der Waals surface area contributed by atoms with Crippen LogP contribution in [0.2, 0.25) is 0 Å². The normalized spacial score (nSPS) is 38.1. The van der Waals surface area contributed by atoms with Gasteiger partial charge in [-0.2, -0.15) is 0 Å². The Kier molecular flexibility index (Phi) is 43.0. The monoisotopic (exact) mass is 1550 g/mol. The van der Waals surface area contributed by atoms with Gasteiger partial charge in [0.1, 0.15) is 130 Å². The average Bonchev–Trinajstić information content (AvgIpc) is 1.57. The van der Waals surface area contributed by atoms with Crippen LogP contribution in [0.5, 0.6) is 0 Å². The van der Waals surface area contributed by atoms with Crippen molar-refractivity contribution in [3.63, 3.8) is 0 Å². The highest BCUT2D eigenvalue weighted by Gasteiger charge is 2.66. The molecule has 4 saturated carbocycles. The molecule has 108 heavy (non-hydrogen) atoms. The number of rotatable bonds is 52. The predicted octanol–water partition coefficient (Wildman–Crippen LogP) is 9.14. The van der Waals surface area contributed by atoms with Crippen molar-refractivity contribution < 1.29 is 114 Å². The lowest BCUT2D eigenvalue weighted by Crippen LogP contribution is -2.60. The highest BCUT2D eigenvalue weighted by Crippen LogP contribution is 2.53. The minimum Gasteiger partial charge on any atom is -0.356 e. The van der Waals surface area contributed by atoms with Gasteiger partial charge in [0.15, 0.2) is 0 Å². The van der Waals surface area contributed by atoms with E-state index in [1.54, 1.807) is 0 Å². The zero-order valence-electron chi connectivity index (χ0n) is 68.2. The van der Waals surface area contributed by atoms with E-state index in [2.05, 4.69) is 21.3 Å². The van der Waals surface area contributed by atoms with Crippen LogP contribution < -0.4 is 21.3 Å². The second-order valence-electron chi connectivity index (χ2n) is 30.4. The third kappa shape index (κ3) is 25.4. The molecule has 8 bridgehead atoms. The summed E-state index contributed by atoms with van der Waals surface area (Å²) in [7, 11) is 0. The van der Waals surface area contributed by atoms with E-state index in [1.165, 1.54) is 0 Å². The first-order valence-corrected chi connectivity index (χ1v) is 42.5. The van der Waals surface area contributed by atoms with Gasteiger partial charge >= 0.3 is 0 Å².